The number of ketones is 1. The third-order valence-electron chi connectivity index (χ3n) is 5.45. The van der Waals surface area contributed by atoms with E-state index in [0.717, 1.165) is 16.9 Å². The first-order chi connectivity index (χ1) is 14.9. The van der Waals surface area contributed by atoms with Gasteiger partial charge in [-0.15, -0.1) is 0 Å². The van der Waals surface area contributed by atoms with Crippen LogP contribution in [0.3, 0.4) is 0 Å². The summed E-state index contributed by atoms with van der Waals surface area (Å²) < 4.78 is 5.89. The van der Waals surface area contributed by atoms with Crippen LogP contribution in [0.15, 0.2) is 59.7 Å². The van der Waals surface area contributed by atoms with Gasteiger partial charge in [0.15, 0.2) is 0 Å². The number of nitrogens with zero attached hydrogens (tertiary/aromatic N) is 2. The topological polar surface area (TPSA) is 70.1 Å². The van der Waals surface area contributed by atoms with Gasteiger partial charge >= 0.3 is 0 Å². The molecule has 2 aromatic carbocycles. The summed E-state index contributed by atoms with van der Waals surface area (Å²) in [5.41, 5.74) is 2.11. The second-order valence-electron chi connectivity index (χ2n) is 7.85. The number of halogens is 1. The Balaban J connectivity index is 1.83. The molecular weight excluding hydrogens is 416 g/mol. The van der Waals surface area contributed by atoms with Crippen LogP contribution in [0, 0.1) is 0 Å². The van der Waals surface area contributed by atoms with Gasteiger partial charge in [0.05, 0.1) is 11.6 Å². The molecule has 7 heteroatoms. The van der Waals surface area contributed by atoms with Crippen molar-refractivity contribution in [3.8, 4) is 5.75 Å². The maximum absolute atomic E-state index is 13.0. The van der Waals surface area contributed by atoms with Crippen LogP contribution in [0.2, 0.25) is 5.02 Å². The van der Waals surface area contributed by atoms with Crippen LogP contribution in [0.25, 0.3) is 11.8 Å². The number of fused-ring (bicyclic) bond motifs is 1. The highest BCUT2D eigenvalue weighted by Crippen LogP contribution is 2.37. The maximum atomic E-state index is 13.0. The van der Waals surface area contributed by atoms with Crippen molar-refractivity contribution in [3.05, 3.63) is 75.8 Å². The Morgan fingerprint density at radius 2 is 1.87 bits per heavy atom. The third kappa shape index (κ3) is 4.09. The molecule has 2 aliphatic rings. The molecule has 160 valence electrons. The Morgan fingerprint density at radius 1 is 1.16 bits per heavy atom. The van der Waals surface area contributed by atoms with Gasteiger partial charge in [0, 0.05) is 29.2 Å². The largest absolute Gasteiger partial charge is 0.507 e. The lowest BCUT2D eigenvalue weighted by Gasteiger charge is -2.30. The summed E-state index contributed by atoms with van der Waals surface area (Å²) in [5, 5.41) is 11.6. The van der Waals surface area contributed by atoms with Gasteiger partial charge in [-0.2, -0.15) is 0 Å². The van der Waals surface area contributed by atoms with E-state index in [2.05, 4.69) is 0 Å². The van der Waals surface area contributed by atoms with E-state index in [-0.39, 0.29) is 17.9 Å². The average molecular weight is 439 g/mol. The van der Waals surface area contributed by atoms with Gasteiger partial charge in [0.2, 0.25) is 0 Å². The van der Waals surface area contributed by atoms with Crippen LogP contribution in [0.5, 0.6) is 5.75 Å². The van der Waals surface area contributed by atoms with Crippen molar-refractivity contribution >= 4 is 35.1 Å². The molecule has 1 saturated heterocycles. The number of hydrogen-bond acceptors (Lipinski definition) is 5. The first-order valence-electron chi connectivity index (χ1n) is 9.98. The molecule has 1 fully saturated rings. The van der Waals surface area contributed by atoms with E-state index in [9.17, 15) is 14.7 Å². The van der Waals surface area contributed by atoms with Gasteiger partial charge in [-0.1, -0.05) is 29.8 Å². The average Bonchev–Trinajstić information content (AvgIpc) is 3.02. The van der Waals surface area contributed by atoms with Crippen molar-refractivity contribution in [1.82, 2.24) is 9.80 Å². The zero-order valence-electron chi connectivity index (χ0n) is 17.3. The number of aliphatic hydroxyl groups is 1. The summed E-state index contributed by atoms with van der Waals surface area (Å²) in [6, 6.07) is 13.4. The van der Waals surface area contributed by atoms with E-state index in [1.807, 2.05) is 49.3 Å². The number of hydrogen-bond donors (Lipinski definition) is 1. The minimum atomic E-state index is -0.705. The molecule has 31 heavy (non-hydrogen) atoms. The molecule has 1 atom stereocenters. The highest BCUT2D eigenvalue weighted by molar-refractivity contribution is 6.47. The lowest BCUT2D eigenvalue weighted by Crippen LogP contribution is -2.41. The van der Waals surface area contributed by atoms with E-state index in [1.54, 1.807) is 24.3 Å². The molecule has 0 spiro atoms. The molecule has 0 bridgehead atoms. The number of aliphatic hydroxyl groups excluding tert-OH is 1. The highest BCUT2D eigenvalue weighted by Gasteiger charge is 2.47. The maximum Gasteiger partial charge on any atom is 0.295 e. The van der Waals surface area contributed by atoms with E-state index in [0.29, 0.717) is 23.7 Å². The summed E-state index contributed by atoms with van der Waals surface area (Å²) in [4.78, 5) is 29.4. The number of benzene rings is 2. The highest BCUT2D eigenvalue weighted by atomic mass is 35.5. The molecule has 0 saturated carbocycles. The van der Waals surface area contributed by atoms with E-state index >= 15 is 0 Å². The quantitative estimate of drug-likeness (QED) is 0.440. The third-order valence-corrected chi connectivity index (χ3v) is 5.70. The number of likely N-dealkylation sites (N-methyl/N-ethyl adjacent to an activating group) is 1. The summed E-state index contributed by atoms with van der Waals surface area (Å²) in [6.07, 6.45) is 1.94. The predicted octanol–water partition coefficient (Wildman–Crippen LogP) is 3.43. The molecule has 1 unspecified atom stereocenters. The van der Waals surface area contributed by atoms with Crippen molar-refractivity contribution in [2.75, 3.05) is 33.8 Å². The van der Waals surface area contributed by atoms with Crippen molar-refractivity contribution < 1.29 is 19.4 Å². The molecule has 0 aliphatic carbocycles. The van der Waals surface area contributed by atoms with Gasteiger partial charge in [-0.25, -0.2) is 0 Å². The Kier molecular flexibility index (Phi) is 5.85. The first kappa shape index (κ1) is 21.2. The van der Waals surface area contributed by atoms with Gasteiger partial charge in [-0.05, 0) is 56.1 Å². The zero-order valence-corrected chi connectivity index (χ0v) is 18.1. The lowest BCUT2D eigenvalue weighted by atomic mass is 9.93. The van der Waals surface area contributed by atoms with Crippen LogP contribution in [-0.4, -0.2) is 66.4 Å². The fourth-order valence-electron chi connectivity index (χ4n) is 3.86. The molecule has 2 aromatic rings. The summed E-state index contributed by atoms with van der Waals surface area (Å²) in [7, 11) is 3.80. The molecule has 6 nitrogen and oxygen atoms in total. The Bertz CT molecular complexity index is 1090. The summed E-state index contributed by atoms with van der Waals surface area (Å²) >= 11 is 5.96. The molecule has 1 amide bonds. The van der Waals surface area contributed by atoms with Crippen LogP contribution < -0.4 is 4.74 Å². The Hall–Kier alpha value is -3.09. The van der Waals surface area contributed by atoms with E-state index in [1.165, 1.54) is 4.90 Å². The van der Waals surface area contributed by atoms with Crippen molar-refractivity contribution in [3.63, 3.8) is 0 Å². The predicted molar refractivity (Wildman–Crippen MR) is 120 cm³/mol. The number of Topliss-reactive ketones (excluding diaryl/α,β-unsaturated/α-hetero) is 1. The van der Waals surface area contributed by atoms with Crippen LogP contribution >= 0.6 is 11.6 Å². The number of likely N-dealkylation sites (tertiary alicyclic amines) is 1. The van der Waals surface area contributed by atoms with Gasteiger partial charge in [-0.3, -0.25) is 9.59 Å². The fourth-order valence-corrected chi connectivity index (χ4v) is 3.98. The van der Waals surface area contributed by atoms with Gasteiger partial charge < -0.3 is 19.6 Å². The smallest absolute Gasteiger partial charge is 0.295 e. The Morgan fingerprint density at radius 3 is 2.58 bits per heavy atom. The Labute approximate surface area is 186 Å². The number of rotatable bonds is 5. The van der Waals surface area contributed by atoms with Crippen LogP contribution in [-0.2, 0) is 9.59 Å². The SMILES string of the molecule is CN(C)CCN1C(=O)C(=O)C(=C(O)c2ccc(Cl)cc2)C1C1=Cc2ccccc2OC1. The normalized spacial score (nSPS) is 19.9. The molecular formula is C24H23ClN2O4. The minimum absolute atomic E-state index is 0.0697. The standard InChI is InChI=1S/C24H23ClN2O4/c1-26(2)11-12-27-21(17-13-16-5-3-4-6-19(16)31-14-17)20(23(29)24(27)30)22(28)15-7-9-18(25)10-8-15/h3-10,13,21,28H,11-12,14H2,1-2H3. The monoisotopic (exact) mass is 438 g/mol. The lowest BCUT2D eigenvalue weighted by molar-refractivity contribution is -0.139. The van der Waals surface area contributed by atoms with Crippen molar-refractivity contribution in [2.45, 2.75) is 6.04 Å². The molecule has 0 aromatic heterocycles. The minimum Gasteiger partial charge on any atom is -0.507 e. The number of carbonyl (C=O) groups is 2. The number of amides is 1. The van der Waals surface area contributed by atoms with E-state index < -0.39 is 17.7 Å². The molecule has 2 aliphatic heterocycles. The molecule has 0 radical (unpaired) electrons. The summed E-state index contributed by atoms with van der Waals surface area (Å²) in [5.74, 6) is -0.792. The van der Waals surface area contributed by atoms with Crippen molar-refractivity contribution in [2.24, 2.45) is 0 Å². The number of ether oxygens (including phenoxy) is 1. The van der Waals surface area contributed by atoms with Crippen LogP contribution in [0.4, 0.5) is 0 Å². The second-order valence-corrected chi connectivity index (χ2v) is 8.28. The molecule has 2 heterocycles. The molecule has 1 N–H and O–H groups in total. The zero-order chi connectivity index (χ0) is 22.1. The molecule has 4 rings (SSSR count). The van der Waals surface area contributed by atoms with Gasteiger partial charge in [0.1, 0.15) is 18.1 Å². The summed E-state index contributed by atoms with van der Waals surface area (Å²) in [6.45, 7) is 1.14. The second kappa shape index (κ2) is 8.57. The fraction of sp³-hybridized carbons (Fsp3) is 0.250. The van der Waals surface area contributed by atoms with E-state index in [4.69, 9.17) is 16.3 Å². The number of para-hydroxylation sites is 1. The van der Waals surface area contributed by atoms with Crippen molar-refractivity contribution in [1.29, 1.82) is 0 Å². The first-order valence-corrected chi connectivity index (χ1v) is 10.4. The number of carbonyl (C=O) groups excluding carboxylic acids is 2. The van der Waals surface area contributed by atoms with Gasteiger partial charge in [0.25, 0.3) is 11.7 Å². The van der Waals surface area contributed by atoms with Crippen LogP contribution in [0.1, 0.15) is 11.1 Å².